The first-order valence-electron chi connectivity index (χ1n) is 5.91. The van der Waals surface area contributed by atoms with E-state index in [1.807, 2.05) is 6.92 Å². The number of nitrogens with two attached hydrogens (primary N) is 1. The Morgan fingerprint density at radius 2 is 2.12 bits per heavy atom. The summed E-state index contributed by atoms with van der Waals surface area (Å²) in [6, 6.07) is 1.76. The maximum absolute atomic E-state index is 11.9. The second kappa shape index (κ2) is 5.36. The van der Waals surface area contributed by atoms with Crippen molar-refractivity contribution in [3.8, 4) is 0 Å². The normalized spacial score (nSPS) is 11.6. The first-order chi connectivity index (χ1) is 7.85. The van der Waals surface area contributed by atoms with Crippen LogP contribution in [0.4, 0.5) is 0 Å². The van der Waals surface area contributed by atoms with Gasteiger partial charge in [-0.05, 0) is 38.3 Å². The molecule has 0 aliphatic carbocycles. The number of hydrogen-bond acceptors (Lipinski definition) is 3. The van der Waals surface area contributed by atoms with Gasteiger partial charge in [-0.3, -0.25) is 4.79 Å². The van der Waals surface area contributed by atoms with E-state index in [1.54, 1.807) is 13.0 Å². The molecule has 96 valence electrons. The number of carbonyl (C=O) groups excluding carboxylic acids is 1. The molecule has 17 heavy (non-hydrogen) atoms. The van der Waals surface area contributed by atoms with Crippen molar-refractivity contribution >= 4 is 5.91 Å². The Kier molecular flexibility index (Phi) is 4.34. The van der Waals surface area contributed by atoms with Crippen LogP contribution >= 0.6 is 0 Å². The molecule has 0 aliphatic rings. The highest BCUT2D eigenvalue weighted by molar-refractivity contribution is 5.95. The molecule has 1 amide bonds. The number of rotatable bonds is 5. The summed E-state index contributed by atoms with van der Waals surface area (Å²) in [6.45, 7) is 9.07. The zero-order valence-electron chi connectivity index (χ0n) is 11.1. The van der Waals surface area contributed by atoms with Crippen LogP contribution in [0.25, 0.3) is 0 Å². The molecule has 1 aromatic rings. The summed E-state index contributed by atoms with van der Waals surface area (Å²) in [7, 11) is 0. The number of hydrogen-bond donors (Lipinski definition) is 2. The van der Waals surface area contributed by atoms with Crippen LogP contribution in [-0.4, -0.2) is 19.0 Å². The molecule has 4 nitrogen and oxygen atoms in total. The Bertz CT molecular complexity index is 394. The standard InChI is InChI=1S/C13H22N2O2/c1-9-7-11(10(2)17-9)12(16)15-8-13(3,4)5-6-14/h7H,5-6,8,14H2,1-4H3,(H,15,16). The molecule has 0 saturated carbocycles. The van der Waals surface area contributed by atoms with E-state index in [2.05, 4.69) is 19.2 Å². The van der Waals surface area contributed by atoms with Crippen LogP contribution in [0.3, 0.4) is 0 Å². The molecular weight excluding hydrogens is 216 g/mol. The van der Waals surface area contributed by atoms with E-state index in [9.17, 15) is 4.79 Å². The molecule has 1 aromatic heterocycles. The highest BCUT2D eigenvalue weighted by atomic mass is 16.3. The third kappa shape index (κ3) is 3.89. The van der Waals surface area contributed by atoms with Gasteiger partial charge in [0.25, 0.3) is 5.91 Å². The fraction of sp³-hybridized carbons (Fsp3) is 0.615. The number of nitrogens with one attached hydrogen (secondary N) is 1. The van der Waals surface area contributed by atoms with E-state index < -0.39 is 0 Å². The van der Waals surface area contributed by atoms with Gasteiger partial charge in [-0.25, -0.2) is 0 Å². The second-order valence-electron chi connectivity index (χ2n) is 5.21. The van der Waals surface area contributed by atoms with E-state index in [1.165, 1.54) is 0 Å². The molecule has 1 rings (SSSR count). The van der Waals surface area contributed by atoms with E-state index in [0.29, 0.717) is 24.4 Å². The quantitative estimate of drug-likeness (QED) is 0.824. The second-order valence-corrected chi connectivity index (χ2v) is 5.21. The summed E-state index contributed by atoms with van der Waals surface area (Å²) in [5, 5.41) is 2.92. The maximum atomic E-state index is 11.9. The zero-order chi connectivity index (χ0) is 13.1. The molecule has 0 fully saturated rings. The fourth-order valence-corrected chi connectivity index (χ4v) is 1.75. The predicted molar refractivity (Wildman–Crippen MR) is 68.0 cm³/mol. The number of furan rings is 1. The number of carbonyl (C=O) groups is 1. The van der Waals surface area contributed by atoms with Crippen LogP contribution in [0.2, 0.25) is 0 Å². The first kappa shape index (κ1) is 13.8. The van der Waals surface area contributed by atoms with Crippen molar-refractivity contribution in [2.75, 3.05) is 13.1 Å². The van der Waals surface area contributed by atoms with Gasteiger partial charge in [0.15, 0.2) is 0 Å². The van der Waals surface area contributed by atoms with Crippen LogP contribution in [0.1, 0.15) is 42.1 Å². The minimum atomic E-state index is -0.0792. The van der Waals surface area contributed by atoms with Crippen molar-refractivity contribution in [1.29, 1.82) is 0 Å². The summed E-state index contributed by atoms with van der Waals surface area (Å²) in [4.78, 5) is 11.9. The van der Waals surface area contributed by atoms with E-state index in [-0.39, 0.29) is 11.3 Å². The Labute approximate surface area is 103 Å². The van der Waals surface area contributed by atoms with Gasteiger partial charge < -0.3 is 15.5 Å². The zero-order valence-corrected chi connectivity index (χ0v) is 11.1. The Morgan fingerprint density at radius 3 is 2.59 bits per heavy atom. The third-order valence-electron chi connectivity index (χ3n) is 2.83. The lowest BCUT2D eigenvalue weighted by atomic mass is 9.89. The molecule has 0 spiro atoms. The summed E-state index contributed by atoms with van der Waals surface area (Å²) in [6.07, 6.45) is 0.886. The van der Waals surface area contributed by atoms with Gasteiger partial charge in [0.2, 0.25) is 0 Å². The van der Waals surface area contributed by atoms with Crippen molar-refractivity contribution in [2.24, 2.45) is 11.1 Å². The van der Waals surface area contributed by atoms with Crippen molar-refractivity contribution in [1.82, 2.24) is 5.32 Å². The molecule has 1 heterocycles. The van der Waals surface area contributed by atoms with Gasteiger partial charge in [0.05, 0.1) is 5.56 Å². The first-order valence-corrected chi connectivity index (χ1v) is 5.91. The monoisotopic (exact) mass is 238 g/mol. The largest absolute Gasteiger partial charge is 0.466 e. The fourth-order valence-electron chi connectivity index (χ4n) is 1.75. The molecule has 0 atom stereocenters. The third-order valence-corrected chi connectivity index (χ3v) is 2.83. The molecule has 4 heteroatoms. The smallest absolute Gasteiger partial charge is 0.254 e. The van der Waals surface area contributed by atoms with Gasteiger partial charge in [0, 0.05) is 6.54 Å². The molecule has 0 bridgehead atoms. The maximum Gasteiger partial charge on any atom is 0.254 e. The van der Waals surface area contributed by atoms with Crippen molar-refractivity contribution in [2.45, 2.75) is 34.1 Å². The number of amides is 1. The van der Waals surface area contributed by atoms with E-state index in [0.717, 1.165) is 12.2 Å². The Balaban J connectivity index is 2.59. The molecular formula is C13H22N2O2. The molecule has 0 aliphatic heterocycles. The Hall–Kier alpha value is -1.29. The average Bonchev–Trinajstić information content (AvgIpc) is 2.54. The lowest BCUT2D eigenvalue weighted by Crippen LogP contribution is -2.35. The highest BCUT2D eigenvalue weighted by Crippen LogP contribution is 2.18. The predicted octanol–water partition coefficient (Wildman–Crippen LogP) is 2.00. The van der Waals surface area contributed by atoms with Crippen molar-refractivity contribution < 1.29 is 9.21 Å². The van der Waals surface area contributed by atoms with Crippen molar-refractivity contribution in [3.05, 3.63) is 23.2 Å². The molecule has 0 unspecified atom stereocenters. The molecule has 0 saturated heterocycles. The van der Waals surface area contributed by atoms with Crippen LogP contribution in [0, 0.1) is 19.3 Å². The average molecular weight is 238 g/mol. The lowest BCUT2D eigenvalue weighted by Gasteiger charge is -2.23. The van der Waals surface area contributed by atoms with Crippen LogP contribution in [-0.2, 0) is 0 Å². The van der Waals surface area contributed by atoms with Crippen LogP contribution in [0.15, 0.2) is 10.5 Å². The van der Waals surface area contributed by atoms with E-state index >= 15 is 0 Å². The van der Waals surface area contributed by atoms with Gasteiger partial charge >= 0.3 is 0 Å². The van der Waals surface area contributed by atoms with Gasteiger partial charge in [-0.15, -0.1) is 0 Å². The molecule has 3 N–H and O–H groups in total. The Morgan fingerprint density at radius 1 is 1.47 bits per heavy atom. The topological polar surface area (TPSA) is 68.3 Å². The van der Waals surface area contributed by atoms with Crippen LogP contribution in [0.5, 0.6) is 0 Å². The summed E-state index contributed by atoms with van der Waals surface area (Å²) < 4.78 is 5.33. The summed E-state index contributed by atoms with van der Waals surface area (Å²) in [5.41, 5.74) is 6.17. The number of aryl methyl sites for hydroxylation is 2. The summed E-state index contributed by atoms with van der Waals surface area (Å²) in [5.74, 6) is 1.34. The summed E-state index contributed by atoms with van der Waals surface area (Å²) >= 11 is 0. The van der Waals surface area contributed by atoms with Gasteiger partial charge in [0.1, 0.15) is 11.5 Å². The minimum absolute atomic E-state index is 0.0249. The molecule has 0 aromatic carbocycles. The van der Waals surface area contributed by atoms with E-state index in [4.69, 9.17) is 10.2 Å². The van der Waals surface area contributed by atoms with Crippen molar-refractivity contribution in [3.63, 3.8) is 0 Å². The SMILES string of the molecule is Cc1cc(C(=O)NCC(C)(C)CCN)c(C)o1. The molecule has 0 radical (unpaired) electrons. The van der Waals surface area contributed by atoms with Crippen LogP contribution < -0.4 is 11.1 Å². The van der Waals surface area contributed by atoms with Gasteiger partial charge in [-0.2, -0.15) is 0 Å². The van der Waals surface area contributed by atoms with Gasteiger partial charge in [-0.1, -0.05) is 13.8 Å². The highest BCUT2D eigenvalue weighted by Gasteiger charge is 2.20. The lowest BCUT2D eigenvalue weighted by molar-refractivity contribution is 0.0933. The minimum Gasteiger partial charge on any atom is -0.466 e.